The van der Waals surface area contributed by atoms with Gasteiger partial charge >= 0.3 is 5.97 Å². The van der Waals surface area contributed by atoms with Crippen LogP contribution in [0.2, 0.25) is 0 Å². The number of carbonyl (C=O) groups excluding carboxylic acids is 1. The second-order valence-electron chi connectivity index (χ2n) is 4.23. The molecule has 0 unspecified atom stereocenters. The molecule has 0 radical (unpaired) electrons. The van der Waals surface area contributed by atoms with Crippen molar-refractivity contribution in [1.29, 1.82) is 0 Å². The number of hydrogen-bond acceptors (Lipinski definition) is 2. The number of ether oxygens (including phenoxy) is 1. The van der Waals surface area contributed by atoms with Crippen LogP contribution in [0.25, 0.3) is 5.57 Å². The van der Waals surface area contributed by atoms with Crippen LogP contribution in [-0.4, -0.2) is 13.1 Å². The minimum atomic E-state index is -0.696. The lowest BCUT2D eigenvalue weighted by atomic mass is 9.97. The van der Waals surface area contributed by atoms with Crippen LogP contribution in [-0.2, 0) is 29.3 Å². The van der Waals surface area contributed by atoms with Crippen molar-refractivity contribution in [3.8, 4) is 0 Å². The number of esters is 1. The minimum absolute atomic E-state index is 0.171. The smallest absolute Gasteiger partial charge is 0.309 e. The Morgan fingerprint density at radius 2 is 1.94 bits per heavy atom. The molecule has 0 spiro atoms. The number of hydrogen-bond donors (Lipinski definition) is 0. The fraction of sp³-hybridized carbons (Fsp3) is 0.357. The standard InChI is InChI=1S/C14H14F2O2/c1-18-14(17)6-10-3-2-9-4-11(7-15)12(8-16)5-13(9)10/h3-5H,2,6-8H2,1H3. The van der Waals surface area contributed by atoms with Crippen molar-refractivity contribution in [2.24, 2.45) is 0 Å². The van der Waals surface area contributed by atoms with Gasteiger partial charge in [0.15, 0.2) is 0 Å². The van der Waals surface area contributed by atoms with E-state index in [0.29, 0.717) is 17.5 Å². The summed E-state index contributed by atoms with van der Waals surface area (Å²) in [4.78, 5) is 11.3. The molecule has 0 atom stereocenters. The first-order valence-corrected chi connectivity index (χ1v) is 5.72. The van der Waals surface area contributed by atoms with E-state index in [2.05, 4.69) is 4.74 Å². The van der Waals surface area contributed by atoms with Gasteiger partial charge in [-0.2, -0.15) is 0 Å². The van der Waals surface area contributed by atoms with Crippen molar-refractivity contribution in [1.82, 2.24) is 0 Å². The van der Waals surface area contributed by atoms with Gasteiger partial charge in [-0.15, -0.1) is 0 Å². The Bertz CT molecular complexity index is 507. The first-order chi connectivity index (χ1) is 8.69. The minimum Gasteiger partial charge on any atom is -0.469 e. The van der Waals surface area contributed by atoms with Crippen LogP contribution in [0, 0.1) is 0 Å². The summed E-state index contributed by atoms with van der Waals surface area (Å²) in [6.07, 6.45) is 2.73. The molecule has 1 aromatic carbocycles. The van der Waals surface area contributed by atoms with E-state index in [-0.39, 0.29) is 12.4 Å². The molecule has 18 heavy (non-hydrogen) atoms. The van der Waals surface area contributed by atoms with Gasteiger partial charge in [0.05, 0.1) is 13.5 Å². The van der Waals surface area contributed by atoms with Crippen LogP contribution in [0.4, 0.5) is 8.78 Å². The summed E-state index contributed by atoms with van der Waals surface area (Å²) in [6, 6.07) is 3.33. The van der Waals surface area contributed by atoms with Gasteiger partial charge in [-0.05, 0) is 40.3 Å². The lowest BCUT2D eigenvalue weighted by molar-refractivity contribution is -0.139. The number of methoxy groups -OCH3 is 1. The average molecular weight is 252 g/mol. The van der Waals surface area contributed by atoms with Gasteiger partial charge in [0.2, 0.25) is 0 Å². The summed E-state index contributed by atoms with van der Waals surface area (Å²) in [6.45, 7) is -1.36. The predicted molar refractivity (Wildman–Crippen MR) is 64.4 cm³/mol. The molecule has 0 saturated carbocycles. The Labute approximate surface area is 104 Å². The van der Waals surface area contributed by atoms with Gasteiger partial charge in [-0.1, -0.05) is 12.1 Å². The van der Waals surface area contributed by atoms with E-state index in [1.54, 1.807) is 12.1 Å². The van der Waals surface area contributed by atoms with Gasteiger partial charge in [-0.25, -0.2) is 8.78 Å². The van der Waals surface area contributed by atoms with Crippen molar-refractivity contribution in [3.05, 3.63) is 40.5 Å². The van der Waals surface area contributed by atoms with Crippen LogP contribution >= 0.6 is 0 Å². The summed E-state index contributed by atoms with van der Waals surface area (Å²) in [5, 5.41) is 0. The van der Waals surface area contributed by atoms with Gasteiger partial charge < -0.3 is 4.74 Å². The molecule has 1 aliphatic carbocycles. The zero-order valence-electron chi connectivity index (χ0n) is 10.1. The number of alkyl halides is 2. The highest BCUT2D eigenvalue weighted by atomic mass is 19.1. The topological polar surface area (TPSA) is 26.3 Å². The number of benzene rings is 1. The fourth-order valence-corrected chi connectivity index (χ4v) is 2.20. The zero-order chi connectivity index (χ0) is 13.1. The fourth-order valence-electron chi connectivity index (χ4n) is 2.20. The SMILES string of the molecule is COC(=O)CC1=CCc2cc(CF)c(CF)cc21. The molecule has 0 N–H and O–H groups in total. The average Bonchev–Trinajstić information content (AvgIpc) is 2.79. The highest BCUT2D eigenvalue weighted by Gasteiger charge is 2.19. The van der Waals surface area contributed by atoms with E-state index in [1.807, 2.05) is 6.08 Å². The molecule has 0 amide bonds. The third-order valence-electron chi connectivity index (χ3n) is 3.19. The quantitative estimate of drug-likeness (QED) is 0.769. The van der Waals surface area contributed by atoms with E-state index in [4.69, 9.17) is 0 Å². The molecule has 0 bridgehead atoms. The van der Waals surface area contributed by atoms with Gasteiger partial charge in [0.1, 0.15) is 13.3 Å². The maximum Gasteiger partial charge on any atom is 0.309 e. The van der Waals surface area contributed by atoms with Crippen LogP contribution in [0.1, 0.15) is 28.7 Å². The molecule has 0 heterocycles. The van der Waals surface area contributed by atoms with Gasteiger partial charge in [-0.3, -0.25) is 4.79 Å². The monoisotopic (exact) mass is 252 g/mol. The largest absolute Gasteiger partial charge is 0.469 e. The van der Waals surface area contributed by atoms with E-state index in [1.165, 1.54) is 7.11 Å². The second-order valence-corrected chi connectivity index (χ2v) is 4.23. The molecule has 1 aliphatic rings. The maximum atomic E-state index is 12.8. The van der Waals surface area contributed by atoms with Crippen molar-refractivity contribution >= 4 is 11.5 Å². The van der Waals surface area contributed by atoms with Crippen molar-refractivity contribution in [3.63, 3.8) is 0 Å². The molecule has 4 heteroatoms. The molecular weight excluding hydrogens is 238 g/mol. The van der Waals surface area contributed by atoms with Crippen LogP contribution < -0.4 is 0 Å². The van der Waals surface area contributed by atoms with Crippen LogP contribution in [0.3, 0.4) is 0 Å². The van der Waals surface area contributed by atoms with Crippen molar-refractivity contribution in [2.75, 3.05) is 7.11 Å². The molecular formula is C14H14F2O2. The van der Waals surface area contributed by atoms with E-state index < -0.39 is 13.3 Å². The van der Waals surface area contributed by atoms with Crippen LogP contribution in [0.5, 0.6) is 0 Å². The van der Waals surface area contributed by atoms with Crippen LogP contribution in [0.15, 0.2) is 18.2 Å². The lowest BCUT2D eigenvalue weighted by Gasteiger charge is -2.10. The highest BCUT2D eigenvalue weighted by molar-refractivity contribution is 5.88. The predicted octanol–water partition coefficient (Wildman–Crippen LogP) is 3.13. The molecule has 1 aromatic rings. The summed E-state index contributed by atoms with van der Waals surface area (Å²) >= 11 is 0. The lowest BCUT2D eigenvalue weighted by Crippen LogP contribution is -2.02. The summed E-state index contributed by atoms with van der Waals surface area (Å²) in [5.41, 5.74) is 3.36. The van der Waals surface area contributed by atoms with E-state index >= 15 is 0 Å². The zero-order valence-corrected chi connectivity index (χ0v) is 10.1. The van der Waals surface area contributed by atoms with Crippen molar-refractivity contribution in [2.45, 2.75) is 26.2 Å². The van der Waals surface area contributed by atoms with Crippen molar-refractivity contribution < 1.29 is 18.3 Å². The summed E-state index contributed by atoms with van der Waals surface area (Å²) < 4.78 is 30.2. The number of allylic oxidation sites excluding steroid dienone is 1. The number of halogens is 2. The van der Waals surface area contributed by atoms with Gasteiger partial charge in [0, 0.05) is 0 Å². The number of fused-ring (bicyclic) bond motifs is 1. The highest BCUT2D eigenvalue weighted by Crippen LogP contribution is 2.33. The maximum absolute atomic E-state index is 12.8. The third kappa shape index (κ3) is 2.28. The normalized spacial score (nSPS) is 13.2. The molecule has 0 saturated heterocycles. The van der Waals surface area contributed by atoms with Gasteiger partial charge in [0.25, 0.3) is 0 Å². The number of rotatable bonds is 4. The Morgan fingerprint density at radius 1 is 1.28 bits per heavy atom. The Morgan fingerprint density at radius 3 is 2.56 bits per heavy atom. The summed E-state index contributed by atoms with van der Waals surface area (Å²) in [5.74, 6) is -0.328. The van der Waals surface area contributed by atoms with E-state index in [0.717, 1.165) is 16.7 Å². The molecule has 0 aromatic heterocycles. The molecule has 2 nitrogen and oxygen atoms in total. The molecule has 0 fully saturated rings. The summed E-state index contributed by atoms with van der Waals surface area (Å²) in [7, 11) is 1.33. The van der Waals surface area contributed by atoms with E-state index in [9.17, 15) is 13.6 Å². The molecule has 2 rings (SSSR count). The Balaban J connectivity index is 2.33. The Kier molecular flexibility index (Phi) is 3.75. The first kappa shape index (κ1) is 12.7. The number of carbonyl (C=O) groups is 1. The molecule has 0 aliphatic heterocycles. The molecule has 96 valence electrons. The third-order valence-corrected chi connectivity index (χ3v) is 3.19. The second kappa shape index (κ2) is 5.29. The first-order valence-electron chi connectivity index (χ1n) is 5.72. The Hall–Kier alpha value is -1.71.